The van der Waals surface area contributed by atoms with E-state index in [0.29, 0.717) is 0 Å². The second-order valence-electron chi connectivity index (χ2n) is 10.3. The van der Waals surface area contributed by atoms with Gasteiger partial charge in [0.15, 0.2) is 11.2 Å². The minimum atomic E-state index is -1.79. The van der Waals surface area contributed by atoms with E-state index in [0.717, 1.165) is 0 Å². The summed E-state index contributed by atoms with van der Waals surface area (Å²) < 4.78 is 37.4. The fourth-order valence-corrected chi connectivity index (χ4v) is 5.35. The van der Waals surface area contributed by atoms with Gasteiger partial charge in [0.25, 0.3) is 5.88 Å². The lowest BCUT2D eigenvalue weighted by atomic mass is 9.66. The second kappa shape index (κ2) is 7.88. The Labute approximate surface area is 204 Å². The number of ether oxygens (including phenoxy) is 3. The van der Waals surface area contributed by atoms with Crippen molar-refractivity contribution in [3.05, 3.63) is 17.4 Å². The molecule has 1 aromatic carbocycles. The van der Waals surface area contributed by atoms with Gasteiger partial charge < -0.3 is 23.6 Å². The number of hydrogen-bond donors (Lipinski definition) is 2. The van der Waals surface area contributed by atoms with Crippen LogP contribution < -0.4 is 20.3 Å². The third-order valence-corrected chi connectivity index (χ3v) is 6.50. The summed E-state index contributed by atoms with van der Waals surface area (Å²) in [7, 11) is 0. The van der Waals surface area contributed by atoms with Crippen LogP contribution in [0.3, 0.4) is 0 Å². The third-order valence-electron chi connectivity index (χ3n) is 6.50. The molecule has 36 heavy (non-hydrogen) atoms. The first-order chi connectivity index (χ1) is 16.8. The van der Waals surface area contributed by atoms with Crippen LogP contribution in [-0.2, 0) is 25.5 Å². The largest absolute Gasteiger partial charge is 0.515 e. The van der Waals surface area contributed by atoms with Gasteiger partial charge in [-0.2, -0.15) is 0 Å². The van der Waals surface area contributed by atoms with Gasteiger partial charge in [0.1, 0.15) is 5.60 Å². The van der Waals surface area contributed by atoms with Crippen LogP contribution in [0.4, 0.5) is 19.7 Å². The van der Waals surface area contributed by atoms with Crippen LogP contribution >= 0.6 is 0 Å². The number of barbiturate groups is 1. The van der Waals surface area contributed by atoms with Gasteiger partial charge in [0.05, 0.1) is 29.3 Å². The number of nitrogens with zero attached hydrogens (tertiary/aromatic N) is 2. The van der Waals surface area contributed by atoms with Gasteiger partial charge in [-0.3, -0.25) is 20.2 Å². The number of carbonyl (C=O) groups excluding carboxylic acids is 4. The zero-order valence-electron chi connectivity index (χ0n) is 20.3. The number of imide groups is 2. The Balaban J connectivity index is 1.66. The van der Waals surface area contributed by atoms with Crippen LogP contribution in [0.15, 0.2) is 10.6 Å². The van der Waals surface area contributed by atoms with Gasteiger partial charge in [0.2, 0.25) is 17.4 Å². The number of nitrogens with one attached hydrogen (secondary N) is 2. The number of amides is 4. The molecule has 3 aliphatic rings. The average molecular weight is 504 g/mol. The first-order valence-corrected chi connectivity index (χ1v) is 11.4. The number of aromatic nitrogens is 1. The van der Waals surface area contributed by atoms with Crippen molar-refractivity contribution < 1.29 is 42.3 Å². The van der Waals surface area contributed by atoms with Gasteiger partial charge in [-0.15, -0.1) is 0 Å². The van der Waals surface area contributed by atoms with E-state index in [1.54, 1.807) is 39.5 Å². The lowest BCUT2D eigenvalue weighted by Gasteiger charge is -2.55. The summed E-state index contributed by atoms with van der Waals surface area (Å²) in [6.45, 7) is 8.59. The summed E-state index contributed by atoms with van der Waals surface area (Å²) in [5.74, 6) is -2.73. The Bertz CT molecular complexity index is 1300. The zero-order valence-corrected chi connectivity index (χ0v) is 20.3. The Morgan fingerprint density at radius 3 is 2.53 bits per heavy atom. The standard InChI is InChI=1S/C23H25FN4O8/c1-9-8-28-14-11(7-23(16(28)10(2)33-9)18(29)25-20(31)26-19(23)30)6-12-15(13(14)24)36-27-17(12)34-21(32)35-22(3,4)5/h6,9-10,16H,7-8H2,1-5H3,(H2,25,26,29,30,31)/t9-,10+,16-/m1/s1. The molecule has 2 aromatic rings. The van der Waals surface area contributed by atoms with Crippen molar-refractivity contribution in [3.63, 3.8) is 0 Å². The van der Waals surface area contributed by atoms with Gasteiger partial charge in [-0.1, -0.05) is 0 Å². The molecular formula is C23H25FN4O8. The molecular weight excluding hydrogens is 479 g/mol. The summed E-state index contributed by atoms with van der Waals surface area (Å²) in [6.07, 6.45) is -2.33. The monoisotopic (exact) mass is 504 g/mol. The first-order valence-electron chi connectivity index (χ1n) is 11.4. The highest BCUT2D eigenvalue weighted by molar-refractivity contribution is 6.20. The average Bonchev–Trinajstić information content (AvgIpc) is 3.12. The van der Waals surface area contributed by atoms with E-state index in [4.69, 9.17) is 18.7 Å². The first kappa shape index (κ1) is 24.0. The number of anilines is 1. The van der Waals surface area contributed by atoms with Crippen LogP contribution in [0.25, 0.3) is 11.0 Å². The molecule has 4 amide bonds. The lowest BCUT2D eigenvalue weighted by Crippen LogP contribution is -2.75. The van der Waals surface area contributed by atoms with Gasteiger partial charge >= 0.3 is 12.2 Å². The molecule has 0 aliphatic carbocycles. The number of urea groups is 1. The number of hydrogen-bond acceptors (Lipinski definition) is 10. The van der Waals surface area contributed by atoms with Crippen molar-refractivity contribution >= 4 is 40.7 Å². The molecule has 2 fully saturated rings. The molecule has 192 valence electrons. The number of morpholine rings is 1. The van der Waals surface area contributed by atoms with Crippen LogP contribution in [0.5, 0.6) is 5.88 Å². The van der Waals surface area contributed by atoms with Gasteiger partial charge in [-0.05, 0) is 51.4 Å². The number of carbonyl (C=O) groups is 4. The molecule has 5 rings (SSSR count). The quantitative estimate of drug-likeness (QED) is 0.437. The summed E-state index contributed by atoms with van der Waals surface area (Å²) >= 11 is 0. The molecule has 2 N–H and O–H groups in total. The highest BCUT2D eigenvalue weighted by atomic mass is 19.1. The molecule has 2 saturated heterocycles. The smallest absolute Gasteiger partial charge is 0.428 e. The molecule has 3 atom stereocenters. The normalized spacial score (nSPS) is 25.2. The minimum absolute atomic E-state index is 0.0211. The van der Waals surface area contributed by atoms with Crippen LogP contribution in [0.1, 0.15) is 40.2 Å². The fraction of sp³-hybridized carbons (Fsp3) is 0.522. The van der Waals surface area contributed by atoms with Crippen molar-refractivity contribution in [2.75, 3.05) is 11.4 Å². The zero-order chi connectivity index (χ0) is 26.2. The number of rotatable bonds is 1. The van der Waals surface area contributed by atoms with E-state index in [9.17, 15) is 19.2 Å². The van der Waals surface area contributed by atoms with Gasteiger partial charge in [-0.25, -0.2) is 14.0 Å². The van der Waals surface area contributed by atoms with Crippen LogP contribution in [0, 0.1) is 11.2 Å². The lowest BCUT2D eigenvalue weighted by molar-refractivity contribution is -0.153. The molecule has 0 bridgehead atoms. The van der Waals surface area contributed by atoms with E-state index in [1.165, 1.54) is 6.07 Å². The van der Waals surface area contributed by atoms with E-state index < -0.39 is 53.0 Å². The highest BCUT2D eigenvalue weighted by Crippen LogP contribution is 2.49. The van der Waals surface area contributed by atoms with Gasteiger partial charge in [0, 0.05) is 13.0 Å². The molecule has 1 spiro atoms. The summed E-state index contributed by atoms with van der Waals surface area (Å²) in [5.41, 5.74) is -2.50. The van der Waals surface area contributed by atoms with E-state index in [2.05, 4.69) is 15.8 Å². The SMILES string of the molecule is C[C@@H]1CN2c3c(cc4c(OC(=O)OC(C)(C)C)noc4c3F)CC3(C(=O)NC(=O)NC3=O)[C@H]2[C@H](C)O1. The number of halogens is 1. The summed E-state index contributed by atoms with van der Waals surface area (Å²) in [4.78, 5) is 52.1. The third kappa shape index (κ3) is 3.56. The van der Waals surface area contributed by atoms with Crippen LogP contribution in [0.2, 0.25) is 0 Å². The van der Waals surface area contributed by atoms with E-state index in [1.807, 2.05) is 0 Å². The Hall–Kier alpha value is -3.74. The Kier molecular flexibility index (Phi) is 5.25. The van der Waals surface area contributed by atoms with E-state index >= 15 is 4.39 Å². The predicted molar refractivity (Wildman–Crippen MR) is 120 cm³/mol. The second-order valence-corrected chi connectivity index (χ2v) is 10.3. The maximum absolute atomic E-state index is 16.0. The van der Waals surface area contributed by atoms with Crippen molar-refractivity contribution in [1.82, 2.24) is 15.8 Å². The Morgan fingerprint density at radius 2 is 1.89 bits per heavy atom. The molecule has 0 radical (unpaired) electrons. The minimum Gasteiger partial charge on any atom is -0.428 e. The predicted octanol–water partition coefficient (Wildman–Crippen LogP) is 2.17. The maximum atomic E-state index is 16.0. The van der Waals surface area contributed by atoms with Crippen molar-refractivity contribution in [3.8, 4) is 5.88 Å². The molecule has 0 saturated carbocycles. The fourth-order valence-electron chi connectivity index (χ4n) is 5.35. The van der Waals surface area contributed by atoms with E-state index in [-0.39, 0.29) is 47.2 Å². The Morgan fingerprint density at radius 1 is 1.22 bits per heavy atom. The summed E-state index contributed by atoms with van der Waals surface area (Å²) in [6, 6.07) is -0.384. The van der Waals surface area contributed by atoms with Crippen molar-refractivity contribution in [1.29, 1.82) is 0 Å². The van der Waals surface area contributed by atoms with Crippen molar-refractivity contribution in [2.24, 2.45) is 5.41 Å². The highest BCUT2D eigenvalue weighted by Gasteiger charge is 2.63. The summed E-state index contributed by atoms with van der Waals surface area (Å²) in [5, 5.41) is 8.05. The molecule has 13 heteroatoms. The number of benzene rings is 1. The molecule has 1 aromatic heterocycles. The topological polar surface area (TPSA) is 149 Å². The molecule has 3 aliphatic heterocycles. The maximum Gasteiger partial charge on any atom is 0.515 e. The number of fused-ring (bicyclic) bond motifs is 5. The molecule has 0 unspecified atom stereocenters. The molecule has 12 nitrogen and oxygen atoms in total. The molecule has 4 heterocycles. The van der Waals surface area contributed by atoms with Crippen LogP contribution in [-0.4, -0.2) is 59.6 Å². The van der Waals surface area contributed by atoms with Crippen molar-refractivity contribution in [2.45, 2.75) is 64.9 Å².